The second kappa shape index (κ2) is 4.38. The van der Waals surface area contributed by atoms with Gasteiger partial charge in [-0.3, -0.25) is 0 Å². The SMILES string of the molecule is CSc1nc(C(C)C)cc(C(F)(F)F)n1. The summed E-state index contributed by atoms with van der Waals surface area (Å²) < 4.78 is 37.3. The molecule has 1 heterocycles. The van der Waals surface area contributed by atoms with Crippen molar-refractivity contribution < 1.29 is 13.2 Å². The van der Waals surface area contributed by atoms with Crippen LogP contribution in [0.3, 0.4) is 0 Å². The molecule has 0 aliphatic carbocycles. The maximum atomic E-state index is 12.4. The highest BCUT2D eigenvalue weighted by molar-refractivity contribution is 7.98. The maximum Gasteiger partial charge on any atom is 0.433 e. The fourth-order valence-electron chi connectivity index (χ4n) is 0.975. The van der Waals surface area contributed by atoms with Crippen LogP contribution in [0.4, 0.5) is 13.2 Å². The van der Waals surface area contributed by atoms with Gasteiger partial charge in [-0.25, -0.2) is 9.97 Å². The van der Waals surface area contributed by atoms with Gasteiger partial charge in [0.1, 0.15) is 5.69 Å². The first-order chi connectivity index (χ1) is 6.84. The van der Waals surface area contributed by atoms with Gasteiger partial charge in [0.25, 0.3) is 0 Å². The van der Waals surface area contributed by atoms with Crippen LogP contribution in [0.1, 0.15) is 31.2 Å². The zero-order chi connectivity index (χ0) is 11.6. The molecule has 0 spiro atoms. The molecule has 0 radical (unpaired) electrons. The normalized spacial score (nSPS) is 12.2. The molecule has 15 heavy (non-hydrogen) atoms. The van der Waals surface area contributed by atoms with E-state index < -0.39 is 11.9 Å². The molecule has 0 unspecified atom stereocenters. The molecule has 1 aromatic rings. The van der Waals surface area contributed by atoms with Crippen molar-refractivity contribution in [3.05, 3.63) is 17.5 Å². The molecule has 2 nitrogen and oxygen atoms in total. The Balaban J connectivity index is 3.23. The largest absolute Gasteiger partial charge is 0.433 e. The fraction of sp³-hybridized carbons (Fsp3) is 0.556. The Labute approximate surface area is 90.3 Å². The van der Waals surface area contributed by atoms with Crippen molar-refractivity contribution in [3.8, 4) is 0 Å². The van der Waals surface area contributed by atoms with E-state index in [1.807, 2.05) is 0 Å². The molecule has 0 aliphatic rings. The van der Waals surface area contributed by atoms with Crippen molar-refractivity contribution in [3.63, 3.8) is 0 Å². The Morgan fingerprint density at radius 1 is 1.27 bits per heavy atom. The van der Waals surface area contributed by atoms with Crippen LogP contribution in [0.15, 0.2) is 11.2 Å². The minimum absolute atomic E-state index is 0.0417. The summed E-state index contributed by atoms with van der Waals surface area (Å²) in [7, 11) is 0. The van der Waals surface area contributed by atoms with E-state index in [1.165, 1.54) is 0 Å². The minimum atomic E-state index is -4.41. The molecule has 1 aromatic heterocycles. The van der Waals surface area contributed by atoms with Crippen LogP contribution in [0.5, 0.6) is 0 Å². The van der Waals surface area contributed by atoms with Crippen LogP contribution in [-0.2, 0) is 6.18 Å². The Morgan fingerprint density at radius 2 is 1.87 bits per heavy atom. The molecule has 84 valence electrons. The Kier molecular flexibility index (Phi) is 3.59. The highest BCUT2D eigenvalue weighted by atomic mass is 32.2. The number of nitrogens with zero attached hydrogens (tertiary/aromatic N) is 2. The molecular formula is C9H11F3N2S. The number of hydrogen-bond acceptors (Lipinski definition) is 3. The smallest absolute Gasteiger partial charge is 0.227 e. The molecule has 0 amide bonds. The summed E-state index contributed by atoms with van der Waals surface area (Å²) in [5.41, 5.74) is -0.452. The van der Waals surface area contributed by atoms with Crippen molar-refractivity contribution >= 4 is 11.8 Å². The molecule has 0 saturated heterocycles. The van der Waals surface area contributed by atoms with E-state index in [4.69, 9.17) is 0 Å². The highest BCUT2D eigenvalue weighted by Crippen LogP contribution is 2.30. The topological polar surface area (TPSA) is 25.8 Å². The Hall–Kier alpha value is -0.780. The zero-order valence-corrected chi connectivity index (χ0v) is 9.41. The zero-order valence-electron chi connectivity index (χ0n) is 8.59. The molecule has 0 aromatic carbocycles. The Morgan fingerprint density at radius 3 is 2.27 bits per heavy atom. The van der Waals surface area contributed by atoms with Gasteiger partial charge in [0.2, 0.25) is 0 Å². The summed E-state index contributed by atoms with van der Waals surface area (Å²) in [4.78, 5) is 7.45. The monoisotopic (exact) mass is 236 g/mol. The number of alkyl halides is 3. The van der Waals surface area contributed by atoms with Gasteiger partial charge in [0.15, 0.2) is 5.16 Å². The van der Waals surface area contributed by atoms with Gasteiger partial charge < -0.3 is 0 Å². The summed E-state index contributed by atoms with van der Waals surface area (Å²) in [5.74, 6) is -0.0417. The number of thioether (sulfide) groups is 1. The lowest BCUT2D eigenvalue weighted by molar-refractivity contribution is -0.141. The second-order valence-corrected chi connectivity index (χ2v) is 4.09. The van der Waals surface area contributed by atoms with E-state index in [-0.39, 0.29) is 11.1 Å². The number of halogens is 3. The van der Waals surface area contributed by atoms with Crippen LogP contribution < -0.4 is 0 Å². The average Bonchev–Trinajstić information content (AvgIpc) is 2.15. The molecular weight excluding hydrogens is 225 g/mol. The summed E-state index contributed by atoms with van der Waals surface area (Å²) in [6.07, 6.45) is -2.75. The van der Waals surface area contributed by atoms with Crippen molar-refractivity contribution in [1.82, 2.24) is 9.97 Å². The molecule has 0 saturated carbocycles. The summed E-state index contributed by atoms with van der Waals surface area (Å²) in [6, 6.07) is 1.00. The lowest BCUT2D eigenvalue weighted by Crippen LogP contribution is -2.11. The van der Waals surface area contributed by atoms with Crippen LogP contribution in [-0.4, -0.2) is 16.2 Å². The van der Waals surface area contributed by atoms with Gasteiger partial charge in [0.05, 0.1) is 0 Å². The van der Waals surface area contributed by atoms with Crippen LogP contribution in [0, 0.1) is 0 Å². The quantitative estimate of drug-likeness (QED) is 0.581. The molecule has 0 fully saturated rings. The van der Waals surface area contributed by atoms with Crippen molar-refractivity contribution in [1.29, 1.82) is 0 Å². The molecule has 6 heteroatoms. The van der Waals surface area contributed by atoms with Gasteiger partial charge in [0, 0.05) is 5.69 Å². The third-order valence-corrected chi connectivity index (χ3v) is 2.34. The van der Waals surface area contributed by atoms with Crippen molar-refractivity contribution in [2.45, 2.75) is 31.1 Å². The predicted octanol–water partition coefficient (Wildman–Crippen LogP) is 3.34. The number of rotatable bonds is 2. The predicted molar refractivity (Wildman–Crippen MR) is 52.9 cm³/mol. The van der Waals surface area contributed by atoms with Gasteiger partial charge in [-0.1, -0.05) is 25.6 Å². The van der Waals surface area contributed by atoms with Gasteiger partial charge >= 0.3 is 6.18 Å². The Bertz CT molecular complexity index is 350. The van der Waals surface area contributed by atoms with Crippen LogP contribution in [0.25, 0.3) is 0 Å². The first-order valence-corrected chi connectivity index (χ1v) is 5.57. The lowest BCUT2D eigenvalue weighted by Gasteiger charge is -2.10. The number of hydrogen-bond donors (Lipinski definition) is 0. The van der Waals surface area contributed by atoms with Crippen molar-refractivity contribution in [2.75, 3.05) is 6.26 Å². The summed E-state index contributed by atoms with van der Waals surface area (Å²) in [5, 5.41) is 0.161. The summed E-state index contributed by atoms with van der Waals surface area (Å²) >= 11 is 1.11. The number of aromatic nitrogens is 2. The highest BCUT2D eigenvalue weighted by Gasteiger charge is 2.33. The van der Waals surface area contributed by atoms with Crippen LogP contribution in [0.2, 0.25) is 0 Å². The van der Waals surface area contributed by atoms with Gasteiger partial charge in [-0.2, -0.15) is 13.2 Å². The van der Waals surface area contributed by atoms with Crippen molar-refractivity contribution in [2.24, 2.45) is 0 Å². The second-order valence-electron chi connectivity index (χ2n) is 3.32. The third kappa shape index (κ3) is 3.09. The molecule has 0 atom stereocenters. The van der Waals surface area contributed by atoms with E-state index >= 15 is 0 Å². The van der Waals surface area contributed by atoms with E-state index in [0.717, 1.165) is 17.8 Å². The molecule has 0 bridgehead atoms. The fourth-order valence-corrected chi connectivity index (χ4v) is 1.36. The first kappa shape index (κ1) is 12.3. The van der Waals surface area contributed by atoms with E-state index in [2.05, 4.69) is 9.97 Å². The summed E-state index contributed by atoms with van der Waals surface area (Å²) in [6.45, 7) is 3.60. The van der Waals surface area contributed by atoms with E-state index in [1.54, 1.807) is 20.1 Å². The van der Waals surface area contributed by atoms with E-state index in [9.17, 15) is 13.2 Å². The van der Waals surface area contributed by atoms with Gasteiger partial charge in [-0.15, -0.1) is 0 Å². The molecule has 1 rings (SSSR count). The molecule has 0 N–H and O–H groups in total. The minimum Gasteiger partial charge on any atom is -0.227 e. The van der Waals surface area contributed by atoms with E-state index in [0.29, 0.717) is 5.69 Å². The average molecular weight is 236 g/mol. The first-order valence-electron chi connectivity index (χ1n) is 4.34. The third-order valence-electron chi connectivity index (χ3n) is 1.79. The molecule has 0 aliphatic heterocycles. The lowest BCUT2D eigenvalue weighted by atomic mass is 10.1. The maximum absolute atomic E-state index is 12.4. The standard InChI is InChI=1S/C9H11F3N2S/c1-5(2)6-4-7(9(10,11)12)14-8(13-6)15-3/h4-5H,1-3H3. The van der Waals surface area contributed by atoms with Crippen LogP contribution >= 0.6 is 11.8 Å². The van der Waals surface area contributed by atoms with Gasteiger partial charge in [-0.05, 0) is 18.2 Å².